The predicted molar refractivity (Wildman–Crippen MR) is 91.4 cm³/mol. The van der Waals surface area contributed by atoms with Crippen LogP contribution in [0.2, 0.25) is 0 Å². The van der Waals surface area contributed by atoms with Gasteiger partial charge in [-0.1, -0.05) is 6.07 Å². The highest BCUT2D eigenvalue weighted by molar-refractivity contribution is 7.80. The van der Waals surface area contributed by atoms with Crippen molar-refractivity contribution in [2.75, 3.05) is 6.54 Å². The summed E-state index contributed by atoms with van der Waals surface area (Å²) < 4.78 is 0. The van der Waals surface area contributed by atoms with Crippen molar-refractivity contribution in [2.24, 2.45) is 5.73 Å². The van der Waals surface area contributed by atoms with Crippen molar-refractivity contribution in [1.29, 1.82) is 0 Å². The molecule has 0 aliphatic heterocycles. The molecule has 3 nitrogen and oxygen atoms in total. The summed E-state index contributed by atoms with van der Waals surface area (Å²) in [6.07, 6.45) is 6.23. The highest BCUT2D eigenvalue weighted by atomic mass is 32.1. The summed E-state index contributed by atoms with van der Waals surface area (Å²) in [5, 5.41) is 2.68. The van der Waals surface area contributed by atoms with E-state index in [1.807, 2.05) is 29.7 Å². The number of aromatic nitrogens is 1. The Morgan fingerprint density at radius 2 is 2.33 bits per heavy atom. The second-order valence-electron chi connectivity index (χ2n) is 5.31. The van der Waals surface area contributed by atoms with Gasteiger partial charge in [0.15, 0.2) is 5.11 Å². The molecule has 1 unspecified atom stereocenters. The molecule has 5 heteroatoms. The number of rotatable bonds is 4. The minimum atomic E-state index is 0.334. The number of pyridine rings is 1. The fourth-order valence-corrected chi connectivity index (χ4v) is 4.19. The average Bonchev–Trinajstić information content (AvgIpc) is 2.97. The molecule has 2 aromatic heterocycles. The molecule has 0 aromatic carbocycles. The zero-order valence-electron chi connectivity index (χ0n) is 11.9. The van der Waals surface area contributed by atoms with Gasteiger partial charge in [-0.2, -0.15) is 0 Å². The number of aryl methyl sites for hydroxylation is 1. The SMILES string of the molecule is NC(=S)N(CCc1ccccn1)C1CCCc2sccc21. The Balaban J connectivity index is 1.75. The Labute approximate surface area is 134 Å². The summed E-state index contributed by atoms with van der Waals surface area (Å²) in [4.78, 5) is 8.05. The number of thiocarbonyl (C=S) groups is 1. The molecular formula is C16H19N3S2. The number of nitrogens with zero attached hydrogens (tertiary/aromatic N) is 2. The molecule has 0 fully saturated rings. The summed E-state index contributed by atoms with van der Waals surface area (Å²) in [6.45, 7) is 0.826. The maximum absolute atomic E-state index is 6.00. The Morgan fingerprint density at radius 1 is 1.43 bits per heavy atom. The van der Waals surface area contributed by atoms with Crippen molar-refractivity contribution >= 4 is 28.7 Å². The molecule has 0 spiro atoms. The van der Waals surface area contributed by atoms with Crippen LogP contribution in [0.25, 0.3) is 0 Å². The third kappa shape index (κ3) is 3.24. The van der Waals surface area contributed by atoms with Gasteiger partial charge in [-0.15, -0.1) is 11.3 Å². The number of nitrogens with two attached hydrogens (primary N) is 1. The average molecular weight is 317 g/mol. The second kappa shape index (κ2) is 6.54. The van der Waals surface area contributed by atoms with Crippen molar-refractivity contribution in [2.45, 2.75) is 31.7 Å². The molecule has 110 valence electrons. The van der Waals surface area contributed by atoms with Crippen molar-refractivity contribution in [1.82, 2.24) is 9.88 Å². The largest absolute Gasteiger partial charge is 0.376 e. The van der Waals surface area contributed by atoms with E-state index in [2.05, 4.69) is 27.4 Å². The van der Waals surface area contributed by atoms with E-state index in [1.165, 1.54) is 23.3 Å². The number of hydrogen-bond acceptors (Lipinski definition) is 3. The van der Waals surface area contributed by atoms with Crippen LogP contribution in [0.1, 0.15) is 35.0 Å². The molecule has 21 heavy (non-hydrogen) atoms. The normalized spacial score (nSPS) is 17.2. The van der Waals surface area contributed by atoms with Crippen LogP contribution in [-0.2, 0) is 12.8 Å². The molecule has 1 atom stereocenters. The Morgan fingerprint density at radius 3 is 3.10 bits per heavy atom. The highest BCUT2D eigenvalue weighted by Crippen LogP contribution is 2.37. The monoisotopic (exact) mass is 317 g/mol. The molecule has 0 saturated carbocycles. The van der Waals surface area contributed by atoms with Gasteiger partial charge >= 0.3 is 0 Å². The summed E-state index contributed by atoms with van der Waals surface area (Å²) >= 11 is 7.15. The first kappa shape index (κ1) is 14.5. The topological polar surface area (TPSA) is 42.1 Å². The van der Waals surface area contributed by atoms with Crippen molar-refractivity contribution in [3.8, 4) is 0 Å². The predicted octanol–water partition coefficient (Wildman–Crippen LogP) is 3.31. The number of fused-ring (bicyclic) bond motifs is 1. The molecule has 2 heterocycles. The molecule has 2 aromatic rings. The first-order chi connectivity index (χ1) is 10.3. The maximum Gasteiger partial charge on any atom is 0.166 e. The van der Waals surface area contributed by atoms with Crippen molar-refractivity contribution in [3.05, 3.63) is 52.0 Å². The molecule has 0 saturated heterocycles. The number of thiophene rings is 1. The van der Waals surface area contributed by atoms with E-state index in [-0.39, 0.29) is 0 Å². The van der Waals surface area contributed by atoms with Gasteiger partial charge < -0.3 is 10.6 Å². The van der Waals surface area contributed by atoms with Gasteiger partial charge in [0.05, 0.1) is 6.04 Å². The van der Waals surface area contributed by atoms with Crippen molar-refractivity contribution < 1.29 is 0 Å². The minimum absolute atomic E-state index is 0.334. The third-order valence-corrected chi connectivity index (χ3v) is 5.25. The summed E-state index contributed by atoms with van der Waals surface area (Å²) in [6, 6.07) is 8.57. The molecule has 2 N–H and O–H groups in total. The lowest BCUT2D eigenvalue weighted by atomic mass is 9.92. The first-order valence-corrected chi connectivity index (χ1v) is 8.57. The lowest BCUT2D eigenvalue weighted by Crippen LogP contribution is -2.41. The van der Waals surface area contributed by atoms with Crippen LogP contribution in [0.4, 0.5) is 0 Å². The highest BCUT2D eigenvalue weighted by Gasteiger charge is 2.27. The first-order valence-electron chi connectivity index (χ1n) is 7.28. The quantitative estimate of drug-likeness (QED) is 0.879. The third-order valence-electron chi connectivity index (χ3n) is 4.01. The maximum atomic E-state index is 6.00. The second-order valence-corrected chi connectivity index (χ2v) is 6.73. The van der Waals surface area contributed by atoms with Crippen LogP contribution in [-0.4, -0.2) is 21.5 Å². The Hall–Kier alpha value is -1.46. The Bertz CT molecular complexity index is 609. The van der Waals surface area contributed by atoms with E-state index in [1.54, 1.807) is 0 Å². The van der Waals surface area contributed by atoms with Gasteiger partial charge in [-0.25, -0.2) is 0 Å². The molecule has 1 aliphatic rings. The van der Waals surface area contributed by atoms with E-state index < -0.39 is 0 Å². The zero-order chi connectivity index (χ0) is 14.7. The van der Waals surface area contributed by atoms with E-state index >= 15 is 0 Å². The van der Waals surface area contributed by atoms with Crippen LogP contribution in [0.3, 0.4) is 0 Å². The van der Waals surface area contributed by atoms with Crippen LogP contribution in [0.5, 0.6) is 0 Å². The number of hydrogen-bond donors (Lipinski definition) is 1. The van der Waals surface area contributed by atoms with Crippen LogP contribution < -0.4 is 5.73 Å². The molecule has 0 bridgehead atoms. The lowest BCUT2D eigenvalue weighted by Gasteiger charge is -2.35. The van der Waals surface area contributed by atoms with E-state index in [0.29, 0.717) is 11.2 Å². The summed E-state index contributed by atoms with van der Waals surface area (Å²) in [5.74, 6) is 0. The molecule has 3 rings (SSSR count). The van der Waals surface area contributed by atoms with E-state index in [9.17, 15) is 0 Å². The van der Waals surface area contributed by atoms with Gasteiger partial charge in [-0.05, 0) is 60.6 Å². The van der Waals surface area contributed by atoms with Crippen LogP contribution in [0, 0.1) is 0 Å². The van der Waals surface area contributed by atoms with Gasteiger partial charge in [-0.3, -0.25) is 4.98 Å². The van der Waals surface area contributed by atoms with Gasteiger partial charge in [0.1, 0.15) is 0 Å². The fourth-order valence-electron chi connectivity index (χ4n) is 2.99. The lowest BCUT2D eigenvalue weighted by molar-refractivity contribution is 0.289. The summed E-state index contributed by atoms with van der Waals surface area (Å²) in [7, 11) is 0. The van der Waals surface area contributed by atoms with Gasteiger partial charge in [0, 0.05) is 29.7 Å². The van der Waals surface area contributed by atoms with Gasteiger partial charge in [0.25, 0.3) is 0 Å². The molecular weight excluding hydrogens is 298 g/mol. The summed E-state index contributed by atoms with van der Waals surface area (Å²) in [5.41, 5.74) is 8.50. The van der Waals surface area contributed by atoms with E-state index in [0.717, 1.165) is 25.1 Å². The van der Waals surface area contributed by atoms with E-state index in [4.69, 9.17) is 18.0 Å². The van der Waals surface area contributed by atoms with Gasteiger partial charge in [0.2, 0.25) is 0 Å². The zero-order valence-corrected chi connectivity index (χ0v) is 13.5. The standard InChI is InChI=1S/C16H19N3S2/c17-16(20)19(10-7-12-4-1-2-9-18-12)14-5-3-6-15-13(14)8-11-21-15/h1-2,4,8-9,11,14H,3,5-7,10H2,(H2,17,20). The molecule has 0 amide bonds. The van der Waals surface area contributed by atoms with Crippen molar-refractivity contribution in [3.63, 3.8) is 0 Å². The van der Waals surface area contributed by atoms with Crippen LogP contribution >= 0.6 is 23.6 Å². The Kier molecular flexibility index (Phi) is 4.51. The molecule has 0 radical (unpaired) electrons. The van der Waals surface area contributed by atoms with Crippen LogP contribution in [0.15, 0.2) is 35.8 Å². The molecule has 1 aliphatic carbocycles. The smallest absolute Gasteiger partial charge is 0.166 e. The minimum Gasteiger partial charge on any atom is -0.376 e. The fraction of sp³-hybridized carbons (Fsp3) is 0.375.